The topological polar surface area (TPSA) is 59.1 Å². The first kappa shape index (κ1) is 13.1. The molecule has 2 rings (SSSR count). The number of amidine groups is 1. The summed E-state index contributed by atoms with van der Waals surface area (Å²) in [6, 6.07) is 13.5. The molecule has 0 aliphatic heterocycles. The van der Waals surface area contributed by atoms with E-state index in [2.05, 4.69) is 32.0 Å². The molecule has 0 saturated heterocycles. The molecule has 0 aliphatic rings. The number of ether oxygens (including phenoxy) is 1. The first-order valence-corrected chi connectivity index (χ1v) is 6.20. The molecule has 0 aliphatic carbocycles. The smallest absolute Gasteiger partial charge is 0.122 e. The molecule has 98 valence electrons. The third-order valence-electron chi connectivity index (χ3n) is 3.19. The average Bonchev–Trinajstić information content (AvgIpc) is 2.38. The first-order chi connectivity index (χ1) is 9.08. The number of aryl methyl sites for hydroxylation is 2. The van der Waals surface area contributed by atoms with Gasteiger partial charge >= 0.3 is 0 Å². The minimum Gasteiger partial charge on any atom is -0.489 e. The van der Waals surface area contributed by atoms with Crippen LogP contribution >= 0.6 is 0 Å². The van der Waals surface area contributed by atoms with Gasteiger partial charge in [0.2, 0.25) is 0 Å². The van der Waals surface area contributed by atoms with Gasteiger partial charge in [0.25, 0.3) is 0 Å². The molecule has 0 heterocycles. The Morgan fingerprint density at radius 1 is 1.05 bits per heavy atom. The molecule has 0 atom stereocenters. The summed E-state index contributed by atoms with van der Waals surface area (Å²) in [5.74, 6) is 0.856. The molecule has 0 unspecified atom stereocenters. The highest BCUT2D eigenvalue weighted by Crippen LogP contribution is 2.18. The Labute approximate surface area is 113 Å². The SMILES string of the molecule is Cc1cccc(C)c1COc1ccc(C(=N)N)cc1. The Bertz CT molecular complexity index is 568. The van der Waals surface area contributed by atoms with E-state index in [0.717, 1.165) is 5.75 Å². The first-order valence-electron chi connectivity index (χ1n) is 6.20. The molecule has 0 fully saturated rings. The third-order valence-corrected chi connectivity index (χ3v) is 3.19. The Kier molecular flexibility index (Phi) is 3.85. The molecule has 3 N–H and O–H groups in total. The van der Waals surface area contributed by atoms with E-state index in [1.165, 1.54) is 16.7 Å². The minimum atomic E-state index is 0.0706. The van der Waals surface area contributed by atoms with Crippen molar-refractivity contribution >= 4 is 5.84 Å². The van der Waals surface area contributed by atoms with Gasteiger partial charge in [-0.2, -0.15) is 0 Å². The fraction of sp³-hybridized carbons (Fsp3) is 0.188. The number of nitrogens with two attached hydrogens (primary N) is 1. The van der Waals surface area contributed by atoms with Crippen molar-refractivity contribution in [3.8, 4) is 5.75 Å². The van der Waals surface area contributed by atoms with E-state index in [1.54, 1.807) is 12.1 Å². The fourth-order valence-corrected chi connectivity index (χ4v) is 1.96. The maximum Gasteiger partial charge on any atom is 0.122 e. The second kappa shape index (κ2) is 5.57. The molecule has 0 radical (unpaired) electrons. The predicted octanol–water partition coefficient (Wildman–Crippen LogP) is 3.17. The lowest BCUT2D eigenvalue weighted by Crippen LogP contribution is -2.10. The Hall–Kier alpha value is -2.29. The zero-order chi connectivity index (χ0) is 13.8. The van der Waals surface area contributed by atoms with Crippen LogP contribution in [0.2, 0.25) is 0 Å². The number of hydrogen-bond donors (Lipinski definition) is 2. The standard InChI is InChI=1S/C16H18N2O/c1-11-4-3-5-12(2)15(11)10-19-14-8-6-13(7-9-14)16(17)18/h3-9H,10H2,1-2H3,(H3,17,18). The predicted molar refractivity (Wildman–Crippen MR) is 77.7 cm³/mol. The maximum atomic E-state index is 7.34. The molecular formula is C16H18N2O. The molecule has 0 bridgehead atoms. The van der Waals surface area contributed by atoms with Crippen molar-refractivity contribution in [3.63, 3.8) is 0 Å². The van der Waals surface area contributed by atoms with Gasteiger partial charge in [0, 0.05) is 5.56 Å². The van der Waals surface area contributed by atoms with Crippen molar-refractivity contribution in [3.05, 3.63) is 64.7 Å². The van der Waals surface area contributed by atoms with Crippen molar-refractivity contribution in [2.24, 2.45) is 5.73 Å². The van der Waals surface area contributed by atoms with Crippen LogP contribution in [0.15, 0.2) is 42.5 Å². The summed E-state index contributed by atoms with van der Waals surface area (Å²) >= 11 is 0. The lowest BCUT2D eigenvalue weighted by molar-refractivity contribution is 0.304. The molecule has 0 saturated carbocycles. The van der Waals surface area contributed by atoms with E-state index >= 15 is 0 Å². The van der Waals surface area contributed by atoms with Crippen molar-refractivity contribution in [2.75, 3.05) is 0 Å². The summed E-state index contributed by atoms with van der Waals surface area (Å²) in [4.78, 5) is 0. The number of nitrogen functional groups attached to an aromatic ring is 1. The fourth-order valence-electron chi connectivity index (χ4n) is 1.96. The highest BCUT2D eigenvalue weighted by atomic mass is 16.5. The van der Waals surface area contributed by atoms with Gasteiger partial charge in [-0.15, -0.1) is 0 Å². The highest BCUT2D eigenvalue weighted by molar-refractivity contribution is 5.94. The van der Waals surface area contributed by atoms with Gasteiger partial charge in [-0.1, -0.05) is 18.2 Å². The van der Waals surface area contributed by atoms with Crippen LogP contribution in [0.1, 0.15) is 22.3 Å². The molecule has 0 aromatic heterocycles. The lowest BCUT2D eigenvalue weighted by Gasteiger charge is -2.11. The molecule has 3 nitrogen and oxygen atoms in total. The van der Waals surface area contributed by atoms with Gasteiger partial charge in [-0.25, -0.2) is 0 Å². The van der Waals surface area contributed by atoms with Crippen molar-refractivity contribution < 1.29 is 4.74 Å². The van der Waals surface area contributed by atoms with Crippen LogP contribution in [-0.2, 0) is 6.61 Å². The van der Waals surface area contributed by atoms with E-state index in [9.17, 15) is 0 Å². The molecule has 0 amide bonds. The van der Waals surface area contributed by atoms with Crippen LogP contribution in [0, 0.1) is 19.3 Å². The van der Waals surface area contributed by atoms with Crippen LogP contribution in [0.5, 0.6) is 5.75 Å². The van der Waals surface area contributed by atoms with Gasteiger partial charge in [-0.05, 0) is 54.8 Å². The van der Waals surface area contributed by atoms with E-state index in [1.807, 2.05) is 12.1 Å². The zero-order valence-electron chi connectivity index (χ0n) is 11.2. The van der Waals surface area contributed by atoms with Crippen LogP contribution in [0.4, 0.5) is 0 Å². The molecule has 2 aromatic carbocycles. The second-order valence-corrected chi connectivity index (χ2v) is 4.60. The van der Waals surface area contributed by atoms with E-state index in [4.69, 9.17) is 15.9 Å². The van der Waals surface area contributed by atoms with Crippen molar-refractivity contribution in [1.82, 2.24) is 0 Å². The molecule has 2 aromatic rings. The summed E-state index contributed by atoms with van der Waals surface area (Å²) in [5, 5.41) is 7.34. The monoisotopic (exact) mass is 254 g/mol. The number of rotatable bonds is 4. The summed E-state index contributed by atoms with van der Waals surface area (Å²) < 4.78 is 5.78. The number of hydrogen-bond acceptors (Lipinski definition) is 2. The lowest BCUT2D eigenvalue weighted by atomic mass is 10.0. The summed E-state index contributed by atoms with van der Waals surface area (Å²) in [6.45, 7) is 4.73. The van der Waals surface area contributed by atoms with E-state index < -0.39 is 0 Å². The molecule has 19 heavy (non-hydrogen) atoms. The van der Waals surface area contributed by atoms with Gasteiger partial charge in [0.1, 0.15) is 18.2 Å². The van der Waals surface area contributed by atoms with Crippen LogP contribution in [-0.4, -0.2) is 5.84 Å². The summed E-state index contributed by atoms with van der Waals surface area (Å²) in [7, 11) is 0. The highest BCUT2D eigenvalue weighted by Gasteiger charge is 2.03. The number of benzene rings is 2. The van der Waals surface area contributed by atoms with Gasteiger partial charge in [0.05, 0.1) is 0 Å². The minimum absolute atomic E-state index is 0.0706. The Morgan fingerprint density at radius 2 is 1.63 bits per heavy atom. The van der Waals surface area contributed by atoms with Crippen LogP contribution < -0.4 is 10.5 Å². The molecule has 0 spiro atoms. The quantitative estimate of drug-likeness (QED) is 0.650. The van der Waals surface area contributed by atoms with Crippen molar-refractivity contribution in [1.29, 1.82) is 5.41 Å². The molecular weight excluding hydrogens is 236 g/mol. The maximum absolute atomic E-state index is 7.34. The van der Waals surface area contributed by atoms with Gasteiger partial charge < -0.3 is 10.5 Å². The van der Waals surface area contributed by atoms with Crippen LogP contribution in [0.25, 0.3) is 0 Å². The van der Waals surface area contributed by atoms with Gasteiger partial charge in [-0.3, -0.25) is 5.41 Å². The largest absolute Gasteiger partial charge is 0.489 e. The zero-order valence-corrected chi connectivity index (χ0v) is 11.2. The Balaban J connectivity index is 2.08. The number of nitrogens with one attached hydrogen (secondary N) is 1. The van der Waals surface area contributed by atoms with E-state index in [-0.39, 0.29) is 5.84 Å². The third kappa shape index (κ3) is 3.13. The van der Waals surface area contributed by atoms with E-state index in [0.29, 0.717) is 12.2 Å². The summed E-state index contributed by atoms with van der Waals surface area (Å²) in [5.41, 5.74) is 9.81. The Morgan fingerprint density at radius 3 is 2.16 bits per heavy atom. The summed E-state index contributed by atoms with van der Waals surface area (Å²) in [6.07, 6.45) is 0. The second-order valence-electron chi connectivity index (χ2n) is 4.60. The van der Waals surface area contributed by atoms with Crippen molar-refractivity contribution in [2.45, 2.75) is 20.5 Å². The van der Waals surface area contributed by atoms with Crippen LogP contribution in [0.3, 0.4) is 0 Å². The average molecular weight is 254 g/mol. The normalized spacial score (nSPS) is 10.2. The van der Waals surface area contributed by atoms with Gasteiger partial charge in [0.15, 0.2) is 0 Å². The molecule has 3 heteroatoms.